The van der Waals surface area contributed by atoms with E-state index in [1.54, 1.807) is 0 Å². The van der Waals surface area contributed by atoms with E-state index in [0.717, 1.165) is 19.5 Å². The number of nitrogen functional groups attached to an aromatic ring is 1. The standard InChI is InChI=1S/C12H9IN4OS/c13-7-1-3-8(4-2-7)18-10-9-5-6-19-11(9)16-12(15-10)17-14/h1-6H,14H2,(H,15,16,17). The molecule has 0 bridgehead atoms. The van der Waals surface area contributed by atoms with E-state index in [-0.39, 0.29) is 0 Å². The summed E-state index contributed by atoms with van der Waals surface area (Å²) in [5.74, 6) is 6.94. The molecule has 0 atom stereocenters. The molecule has 19 heavy (non-hydrogen) atoms. The maximum absolute atomic E-state index is 5.80. The normalized spacial score (nSPS) is 10.6. The van der Waals surface area contributed by atoms with Crippen molar-refractivity contribution in [1.29, 1.82) is 0 Å². The zero-order valence-corrected chi connectivity index (χ0v) is 12.6. The summed E-state index contributed by atoms with van der Waals surface area (Å²) in [6.07, 6.45) is 0. The molecule has 0 amide bonds. The predicted octanol–water partition coefficient (Wildman–Crippen LogP) is 3.37. The molecule has 0 aliphatic rings. The molecular formula is C12H9IN4OS. The van der Waals surface area contributed by atoms with Gasteiger partial charge in [-0.25, -0.2) is 10.8 Å². The minimum atomic E-state index is 0.343. The van der Waals surface area contributed by atoms with Crippen LogP contribution in [0.25, 0.3) is 10.2 Å². The summed E-state index contributed by atoms with van der Waals surface area (Å²) in [6.45, 7) is 0. The zero-order chi connectivity index (χ0) is 13.2. The van der Waals surface area contributed by atoms with Crippen molar-refractivity contribution in [3.05, 3.63) is 39.3 Å². The van der Waals surface area contributed by atoms with Crippen LogP contribution in [0.2, 0.25) is 0 Å². The van der Waals surface area contributed by atoms with Crippen molar-refractivity contribution < 1.29 is 4.74 Å². The monoisotopic (exact) mass is 384 g/mol. The second-order valence-electron chi connectivity index (χ2n) is 3.69. The third kappa shape index (κ3) is 2.62. The highest BCUT2D eigenvalue weighted by Gasteiger charge is 2.10. The van der Waals surface area contributed by atoms with Gasteiger partial charge in [-0.15, -0.1) is 11.3 Å². The van der Waals surface area contributed by atoms with Crippen LogP contribution in [-0.4, -0.2) is 9.97 Å². The number of anilines is 1. The lowest BCUT2D eigenvalue weighted by Gasteiger charge is -2.07. The van der Waals surface area contributed by atoms with Crippen LogP contribution in [0, 0.1) is 3.57 Å². The Morgan fingerprint density at radius 2 is 1.95 bits per heavy atom. The van der Waals surface area contributed by atoms with Gasteiger partial charge in [-0.3, -0.25) is 5.43 Å². The maximum Gasteiger partial charge on any atom is 0.241 e. The van der Waals surface area contributed by atoms with E-state index < -0.39 is 0 Å². The van der Waals surface area contributed by atoms with E-state index in [0.29, 0.717) is 11.8 Å². The summed E-state index contributed by atoms with van der Waals surface area (Å²) in [6, 6.07) is 9.69. The van der Waals surface area contributed by atoms with E-state index in [9.17, 15) is 0 Å². The van der Waals surface area contributed by atoms with E-state index >= 15 is 0 Å². The largest absolute Gasteiger partial charge is 0.438 e. The number of rotatable bonds is 3. The Kier molecular flexibility index (Phi) is 3.49. The van der Waals surface area contributed by atoms with Gasteiger partial charge >= 0.3 is 0 Å². The highest BCUT2D eigenvalue weighted by Crippen LogP contribution is 2.31. The van der Waals surface area contributed by atoms with Crippen molar-refractivity contribution in [3.8, 4) is 11.6 Å². The highest BCUT2D eigenvalue weighted by molar-refractivity contribution is 14.1. The number of fused-ring (bicyclic) bond motifs is 1. The molecule has 7 heteroatoms. The fraction of sp³-hybridized carbons (Fsp3) is 0. The van der Waals surface area contributed by atoms with Gasteiger partial charge in [-0.1, -0.05) is 0 Å². The first-order chi connectivity index (χ1) is 9.26. The smallest absolute Gasteiger partial charge is 0.241 e. The molecule has 1 aromatic carbocycles. The number of ether oxygens (including phenoxy) is 1. The van der Waals surface area contributed by atoms with Crippen molar-refractivity contribution in [2.24, 2.45) is 5.84 Å². The SMILES string of the molecule is NNc1nc(Oc2ccc(I)cc2)c2ccsc2n1. The molecule has 2 heterocycles. The van der Waals surface area contributed by atoms with Crippen LogP contribution >= 0.6 is 33.9 Å². The molecule has 0 saturated heterocycles. The number of nitrogens with two attached hydrogens (primary N) is 1. The van der Waals surface area contributed by atoms with Crippen molar-refractivity contribution in [2.45, 2.75) is 0 Å². The molecule has 0 aliphatic heterocycles. The van der Waals surface area contributed by atoms with E-state index in [1.165, 1.54) is 11.3 Å². The number of thiophene rings is 1. The summed E-state index contributed by atoms with van der Waals surface area (Å²) in [5.41, 5.74) is 2.45. The van der Waals surface area contributed by atoms with Gasteiger partial charge < -0.3 is 4.74 Å². The summed E-state index contributed by atoms with van der Waals surface area (Å²) >= 11 is 3.76. The molecule has 0 radical (unpaired) electrons. The van der Waals surface area contributed by atoms with Gasteiger partial charge in [0.15, 0.2) is 0 Å². The van der Waals surface area contributed by atoms with Gasteiger partial charge in [0.25, 0.3) is 0 Å². The Hall–Kier alpha value is -1.45. The minimum Gasteiger partial charge on any atom is -0.438 e. The average Bonchev–Trinajstić information content (AvgIpc) is 2.89. The van der Waals surface area contributed by atoms with Crippen molar-refractivity contribution >= 4 is 50.1 Å². The van der Waals surface area contributed by atoms with Gasteiger partial charge in [0.1, 0.15) is 10.6 Å². The number of halogens is 1. The van der Waals surface area contributed by atoms with Crippen LogP contribution in [-0.2, 0) is 0 Å². The van der Waals surface area contributed by atoms with Crippen LogP contribution in [0.1, 0.15) is 0 Å². The van der Waals surface area contributed by atoms with Gasteiger partial charge in [0.05, 0.1) is 5.39 Å². The van der Waals surface area contributed by atoms with Gasteiger partial charge in [-0.05, 0) is 58.3 Å². The molecule has 0 aliphatic carbocycles. The zero-order valence-electron chi connectivity index (χ0n) is 9.63. The Labute approximate surface area is 126 Å². The minimum absolute atomic E-state index is 0.343. The molecule has 5 nitrogen and oxygen atoms in total. The quantitative estimate of drug-likeness (QED) is 0.412. The fourth-order valence-electron chi connectivity index (χ4n) is 1.58. The summed E-state index contributed by atoms with van der Waals surface area (Å²) < 4.78 is 6.95. The molecule has 3 rings (SSSR count). The van der Waals surface area contributed by atoms with Gasteiger partial charge in [0, 0.05) is 3.57 Å². The highest BCUT2D eigenvalue weighted by atomic mass is 127. The Morgan fingerprint density at radius 3 is 2.68 bits per heavy atom. The van der Waals surface area contributed by atoms with Gasteiger partial charge in [-0.2, -0.15) is 4.98 Å². The van der Waals surface area contributed by atoms with Crippen LogP contribution < -0.4 is 16.0 Å². The Bertz CT molecular complexity index is 713. The van der Waals surface area contributed by atoms with Crippen molar-refractivity contribution in [2.75, 3.05) is 5.43 Å². The van der Waals surface area contributed by atoms with E-state index in [1.807, 2.05) is 35.7 Å². The summed E-state index contributed by atoms with van der Waals surface area (Å²) in [7, 11) is 0. The first-order valence-electron chi connectivity index (χ1n) is 5.41. The Morgan fingerprint density at radius 1 is 1.16 bits per heavy atom. The number of nitrogens with one attached hydrogen (secondary N) is 1. The molecule has 3 aromatic rings. The lowest BCUT2D eigenvalue weighted by atomic mass is 10.3. The first-order valence-corrected chi connectivity index (χ1v) is 7.37. The fourth-order valence-corrected chi connectivity index (χ4v) is 2.70. The first kappa shape index (κ1) is 12.6. The summed E-state index contributed by atoms with van der Waals surface area (Å²) in [5, 5.41) is 2.82. The molecule has 0 spiro atoms. The molecular weight excluding hydrogens is 375 g/mol. The third-order valence-electron chi connectivity index (χ3n) is 2.45. The number of hydrogen-bond acceptors (Lipinski definition) is 6. The second kappa shape index (κ2) is 5.27. The molecule has 0 saturated carbocycles. The van der Waals surface area contributed by atoms with E-state index in [4.69, 9.17) is 10.6 Å². The van der Waals surface area contributed by atoms with Crippen molar-refractivity contribution in [1.82, 2.24) is 9.97 Å². The lowest BCUT2D eigenvalue weighted by molar-refractivity contribution is 0.469. The third-order valence-corrected chi connectivity index (χ3v) is 3.97. The number of nitrogens with zero attached hydrogens (tertiary/aromatic N) is 2. The van der Waals surface area contributed by atoms with E-state index in [2.05, 4.69) is 38.0 Å². The predicted molar refractivity (Wildman–Crippen MR) is 84.5 cm³/mol. The number of hydrogen-bond donors (Lipinski definition) is 2. The second-order valence-corrected chi connectivity index (χ2v) is 5.83. The van der Waals surface area contributed by atoms with Crippen LogP contribution in [0.4, 0.5) is 5.95 Å². The molecule has 3 N–H and O–H groups in total. The molecule has 0 unspecified atom stereocenters. The average molecular weight is 384 g/mol. The lowest BCUT2D eigenvalue weighted by Crippen LogP contribution is -2.10. The Balaban J connectivity index is 2.03. The van der Waals surface area contributed by atoms with Gasteiger partial charge in [0.2, 0.25) is 11.8 Å². The van der Waals surface area contributed by atoms with Crippen LogP contribution in [0.5, 0.6) is 11.6 Å². The molecule has 2 aromatic heterocycles. The van der Waals surface area contributed by atoms with Crippen LogP contribution in [0.3, 0.4) is 0 Å². The maximum atomic E-state index is 5.80. The molecule has 0 fully saturated rings. The molecule has 96 valence electrons. The number of aromatic nitrogens is 2. The number of benzene rings is 1. The topological polar surface area (TPSA) is 73.1 Å². The number of hydrazine groups is 1. The van der Waals surface area contributed by atoms with Crippen molar-refractivity contribution in [3.63, 3.8) is 0 Å². The summed E-state index contributed by atoms with van der Waals surface area (Å²) in [4.78, 5) is 9.34. The van der Waals surface area contributed by atoms with Crippen LogP contribution in [0.15, 0.2) is 35.7 Å².